The number of amides is 1. The highest BCUT2D eigenvalue weighted by Crippen LogP contribution is 2.21. The van der Waals surface area contributed by atoms with Gasteiger partial charge in [-0.05, 0) is 44.0 Å². The molecule has 1 aromatic rings. The summed E-state index contributed by atoms with van der Waals surface area (Å²) in [6.45, 7) is 3.04. The van der Waals surface area contributed by atoms with Crippen LogP contribution < -0.4 is 4.74 Å². The van der Waals surface area contributed by atoms with Crippen molar-refractivity contribution in [2.45, 2.75) is 25.4 Å². The van der Waals surface area contributed by atoms with E-state index in [0.717, 1.165) is 4.47 Å². The first-order valence-electron chi connectivity index (χ1n) is 6.35. The zero-order chi connectivity index (χ0) is 13.9. The number of halogens is 1. The Balaban J connectivity index is 1.80. The lowest BCUT2D eigenvalue weighted by Gasteiger charge is -2.35. The number of carbonyl (C=O) groups excluding carboxylic acids is 1. The van der Waals surface area contributed by atoms with Crippen molar-refractivity contribution in [1.29, 1.82) is 0 Å². The number of likely N-dealkylation sites (tertiary alicyclic amines) is 1. The van der Waals surface area contributed by atoms with E-state index < -0.39 is 5.60 Å². The Hall–Kier alpha value is -1.07. The molecule has 1 saturated heterocycles. The molecule has 0 aliphatic carbocycles. The van der Waals surface area contributed by atoms with Gasteiger partial charge in [0.05, 0.1) is 5.60 Å². The Labute approximate surface area is 121 Å². The molecule has 0 saturated carbocycles. The zero-order valence-corrected chi connectivity index (χ0v) is 12.5. The second kappa shape index (κ2) is 5.92. The largest absolute Gasteiger partial charge is 0.484 e. The van der Waals surface area contributed by atoms with Crippen LogP contribution in [0.15, 0.2) is 28.7 Å². The van der Waals surface area contributed by atoms with Crippen LogP contribution in [0.2, 0.25) is 0 Å². The fourth-order valence-corrected chi connectivity index (χ4v) is 2.27. The lowest BCUT2D eigenvalue weighted by atomic mass is 9.94. The molecule has 1 amide bonds. The molecule has 1 aliphatic rings. The van der Waals surface area contributed by atoms with E-state index in [-0.39, 0.29) is 12.5 Å². The number of ether oxygens (including phenoxy) is 1. The molecule has 4 nitrogen and oxygen atoms in total. The molecule has 0 radical (unpaired) electrons. The first-order valence-corrected chi connectivity index (χ1v) is 7.14. The predicted molar refractivity (Wildman–Crippen MR) is 76.1 cm³/mol. The molecule has 1 heterocycles. The van der Waals surface area contributed by atoms with Crippen LogP contribution >= 0.6 is 15.9 Å². The van der Waals surface area contributed by atoms with Crippen LogP contribution in [0.4, 0.5) is 0 Å². The van der Waals surface area contributed by atoms with Crippen LogP contribution in [0, 0.1) is 0 Å². The van der Waals surface area contributed by atoms with Gasteiger partial charge in [0.25, 0.3) is 5.91 Å². The monoisotopic (exact) mass is 327 g/mol. The van der Waals surface area contributed by atoms with Gasteiger partial charge < -0.3 is 14.7 Å². The molecule has 0 bridgehead atoms. The van der Waals surface area contributed by atoms with Crippen LogP contribution in [-0.2, 0) is 4.79 Å². The first kappa shape index (κ1) is 14.3. The minimum absolute atomic E-state index is 0.0292. The molecule has 104 valence electrons. The van der Waals surface area contributed by atoms with Crippen LogP contribution in [0.5, 0.6) is 5.75 Å². The Kier molecular flexibility index (Phi) is 4.47. The molecule has 1 aromatic carbocycles. The lowest BCUT2D eigenvalue weighted by Crippen LogP contribution is -2.46. The van der Waals surface area contributed by atoms with Gasteiger partial charge in [0, 0.05) is 17.6 Å². The normalized spacial score (nSPS) is 18.2. The summed E-state index contributed by atoms with van der Waals surface area (Å²) < 4.78 is 6.43. The summed E-state index contributed by atoms with van der Waals surface area (Å²) in [6, 6.07) is 7.38. The fraction of sp³-hybridized carbons (Fsp3) is 0.500. The number of hydrogen-bond acceptors (Lipinski definition) is 3. The SMILES string of the molecule is CC1(O)CCN(C(=O)COc2ccc(Br)cc2)CC1. The Morgan fingerprint density at radius 1 is 1.37 bits per heavy atom. The number of aliphatic hydroxyl groups is 1. The molecule has 2 rings (SSSR count). The number of hydrogen-bond donors (Lipinski definition) is 1. The van der Waals surface area contributed by atoms with E-state index >= 15 is 0 Å². The van der Waals surface area contributed by atoms with Gasteiger partial charge >= 0.3 is 0 Å². The van der Waals surface area contributed by atoms with E-state index in [1.54, 1.807) is 4.90 Å². The summed E-state index contributed by atoms with van der Waals surface area (Å²) in [4.78, 5) is 13.7. The van der Waals surface area contributed by atoms with Crippen molar-refractivity contribution < 1.29 is 14.6 Å². The second-order valence-electron chi connectivity index (χ2n) is 5.12. The van der Waals surface area contributed by atoms with Crippen molar-refractivity contribution >= 4 is 21.8 Å². The molecule has 0 atom stereocenters. The number of benzene rings is 1. The van der Waals surface area contributed by atoms with Gasteiger partial charge in [-0.25, -0.2) is 0 Å². The predicted octanol–water partition coefficient (Wildman–Crippen LogP) is 2.20. The Morgan fingerprint density at radius 3 is 2.53 bits per heavy atom. The summed E-state index contributed by atoms with van der Waals surface area (Å²) >= 11 is 3.34. The van der Waals surface area contributed by atoms with Crippen molar-refractivity contribution in [3.8, 4) is 5.75 Å². The molecule has 5 heteroatoms. The van der Waals surface area contributed by atoms with Gasteiger partial charge in [0.2, 0.25) is 0 Å². The second-order valence-corrected chi connectivity index (χ2v) is 6.04. The minimum Gasteiger partial charge on any atom is -0.484 e. The molecular weight excluding hydrogens is 310 g/mol. The quantitative estimate of drug-likeness (QED) is 0.925. The average Bonchev–Trinajstić information content (AvgIpc) is 2.37. The molecule has 0 spiro atoms. The van der Waals surface area contributed by atoms with E-state index in [0.29, 0.717) is 31.7 Å². The molecule has 1 fully saturated rings. The third-order valence-electron chi connectivity index (χ3n) is 3.37. The first-order chi connectivity index (χ1) is 8.96. The maximum absolute atomic E-state index is 12.0. The smallest absolute Gasteiger partial charge is 0.260 e. The average molecular weight is 328 g/mol. The molecule has 0 aromatic heterocycles. The van der Waals surface area contributed by atoms with Crippen LogP contribution in [0.3, 0.4) is 0 Å². The topological polar surface area (TPSA) is 49.8 Å². The number of piperidine rings is 1. The van der Waals surface area contributed by atoms with Crippen LogP contribution in [0.25, 0.3) is 0 Å². The van der Waals surface area contributed by atoms with E-state index in [1.165, 1.54) is 0 Å². The number of rotatable bonds is 3. The van der Waals surface area contributed by atoms with Gasteiger partial charge in [0.15, 0.2) is 6.61 Å². The van der Waals surface area contributed by atoms with Crippen molar-refractivity contribution in [3.05, 3.63) is 28.7 Å². The lowest BCUT2D eigenvalue weighted by molar-refractivity contribution is -0.137. The summed E-state index contributed by atoms with van der Waals surface area (Å²) in [5, 5.41) is 9.83. The summed E-state index contributed by atoms with van der Waals surface area (Å²) in [5.41, 5.74) is -0.636. The summed E-state index contributed by atoms with van der Waals surface area (Å²) in [6.07, 6.45) is 1.24. The fourth-order valence-electron chi connectivity index (χ4n) is 2.01. The van der Waals surface area contributed by atoms with Crippen LogP contribution in [0.1, 0.15) is 19.8 Å². The number of nitrogens with zero attached hydrogens (tertiary/aromatic N) is 1. The summed E-state index contributed by atoms with van der Waals surface area (Å²) in [7, 11) is 0. The molecule has 1 N–H and O–H groups in total. The summed E-state index contributed by atoms with van der Waals surface area (Å²) in [5.74, 6) is 0.652. The van der Waals surface area contributed by atoms with Crippen molar-refractivity contribution in [2.75, 3.05) is 19.7 Å². The molecular formula is C14H18BrNO3. The van der Waals surface area contributed by atoms with E-state index in [2.05, 4.69) is 15.9 Å². The highest BCUT2D eigenvalue weighted by molar-refractivity contribution is 9.10. The van der Waals surface area contributed by atoms with Crippen LogP contribution in [-0.4, -0.2) is 41.2 Å². The molecule has 1 aliphatic heterocycles. The van der Waals surface area contributed by atoms with Gasteiger partial charge in [-0.15, -0.1) is 0 Å². The highest BCUT2D eigenvalue weighted by Gasteiger charge is 2.29. The van der Waals surface area contributed by atoms with Crippen molar-refractivity contribution in [2.24, 2.45) is 0 Å². The van der Waals surface area contributed by atoms with Gasteiger partial charge in [-0.1, -0.05) is 15.9 Å². The maximum atomic E-state index is 12.0. The number of carbonyl (C=O) groups is 1. The minimum atomic E-state index is -0.636. The van der Waals surface area contributed by atoms with Crippen molar-refractivity contribution in [3.63, 3.8) is 0 Å². The van der Waals surface area contributed by atoms with Gasteiger partial charge in [-0.2, -0.15) is 0 Å². The standard InChI is InChI=1S/C14H18BrNO3/c1-14(18)6-8-16(9-7-14)13(17)10-19-12-4-2-11(15)3-5-12/h2-5,18H,6-10H2,1H3. The third-order valence-corrected chi connectivity index (χ3v) is 3.90. The Morgan fingerprint density at radius 2 is 1.95 bits per heavy atom. The van der Waals surface area contributed by atoms with E-state index in [4.69, 9.17) is 4.74 Å². The van der Waals surface area contributed by atoms with Gasteiger partial charge in [0.1, 0.15) is 5.75 Å². The van der Waals surface area contributed by atoms with Gasteiger partial charge in [-0.3, -0.25) is 4.79 Å². The Bertz CT molecular complexity index is 435. The highest BCUT2D eigenvalue weighted by atomic mass is 79.9. The van der Waals surface area contributed by atoms with Crippen molar-refractivity contribution in [1.82, 2.24) is 4.90 Å². The van der Waals surface area contributed by atoms with E-state index in [1.807, 2.05) is 31.2 Å². The molecule has 0 unspecified atom stereocenters. The van der Waals surface area contributed by atoms with E-state index in [9.17, 15) is 9.90 Å². The maximum Gasteiger partial charge on any atom is 0.260 e. The third kappa shape index (κ3) is 4.21. The molecule has 19 heavy (non-hydrogen) atoms. The zero-order valence-electron chi connectivity index (χ0n) is 10.9.